The van der Waals surface area contributed by atoms with Crippen LogP contribution in [0.3, 0.4) is 0 Å². The largest absolute Gasteiger partial charge is 0.297 e. The van der Waals surface area contributed by atoms with Gasteiger partial charge in [0.2, 0.25) is 20.0 Å². The van der Waals surface area contributed by atoms with E-state index in [9.17, 15) is 16.8 Å². The molecule has 0 saturated carbocycles. The molecule has 0 fully saturated rings. The molecule has 4 N–H and O–H groups in total. The van der Waals surface area contributed by atoms with Crippen molar-refractivity contribution < 1.29 is 16.8 Å². The zero-order valence-electron chi connectivity index (χ0n) is 18.1. The summed E-state index contributed by atoms with van der Waals surface area (Å²) in [7, 11) is -7.79. The second kappa shape index (κ2) is 9.09. The van der Waals surface area contributed by atoms with Crippen LogP contribution in [0.15, 0.2) is 34.1 Å². The molecule has 12 heteroatoms. The van der Waals surface area contributed by atoms with E-state index < -0.39 is 20.0 Å². The molecule has 33 heavy (non-hydrogen) atoms. The van der Waals surface area contributed by atoms with Gasteiger partial charge in [0.1, 0.15) is 9.79 Å². The van der Waals surface area contributed by atoms with Crippen LogP contribution in [0.25, 0.3) is 0 Å². The van der Waals surface area contributed by atoms with Crippen molar-refractivity contribution in [3.05, 3.63) is 56.6 Å². The molecule has 0 amide bonds. The lowest BCUT2D eigenvalue weighted by atomic mass is 9.97. The van der Waals surface area contributed by atoms with Crippen molar-refractivity contribution >= 4 is 43.2 Å². The fourth-order valence-corrected chi connectivity index (χ4v) is 7.07. The molecule has 0 radical (unpaired) electrons. The number of halogens is 2. The zero-order chi connectivity index (χ0) is 24.1. The van der Waals surface area contributed by atoms with Crippen molar-refractivity contribution in [3.8, 4) is 0 Å². The van der Waals surface area contributed by atoms with Gasteiger partial charge in [0, 0.05) is 38.8 Å². The summed E-state index contributed by atoms with van der Waals surface area (Å²) in [4.78, 5) is 4.40. The van der Waals surface area contributed by atoms with Gasteiger partial charge >= 0.3 is 0 Å². The predicted octanol–water partition coefficient (Wildman–Crippen LogP) is 2.09. The quantitative estimate of drug-likeness (QED) is 0.606. The Bertz CT molecular complexity index is 1320. The van der Waals surface area contributed by atoms with E-state index in [1.807, 2.05) is 0 Å². The van der Waals surface area contributed by atoms with Crippen molar-refractivity contribution in [2.45, 2.75) is 48.7 Å². The average molecular weight is 534 g/mol. The Balaban J connectivity index is 1.50. The van der Waals surface area contributed by atoms with Crippen molar-refractivity contribution in [3.63, 3.8) is 0 Å². The Morgan fingerprint density at radius 2 is 1.33 bits per heavy atom. The van der Waals surface area contributed by atoms with Gasteiger partial charge in [-0.25, -0.2) is 27.1 Å². The van der Waals surface area contributed by atoms with Crippen LogP contribution in [-0.2, 0) is 46.0 Å². The highest BCUT2D eigenvalue weighted by Gasteiger charge is 2.29. The highest BCUT2D eigenvalue weighted by atomic mass is 35.5. The second-order valence-corrected chi connectivity index (χ2v) is 12.5. The third-order valence-corrected chi connectivity index (χ3v) is 9.47. The molecule has 0 spiro atoms. The molecule has 1 atom stereocenters. The van der Waals surface area contributed by atoms with E-state index in [1.165, 1.54) is 12.1 Å². The molecular formula is C21H26Cl2N4O4S2. The standard InChI is InChI=1S/C21H26Cl2N4O4S2/c1-13(27-9-7-15-3-5-19(33(25,30)31)21(23)17(15)12-27)10-26-8-6-14-2-4-18(32(24,28)29)20(22)16(14)11-26/h2-5,13H,6-12H2,1H3,(H2,24,28,29)(H2,25,30,31). The Kier molecular flexibility index (Phi) is 6.85. The summed E-state index contributed by atoms with van der Waals surface area (Å²) in [5.41, 5.74) is 3.66. The minimum Gasteiger partial charge on any atom is -0.297 e. The monoisotopic (exact) mass is 532 g/mol. The van der Waals surface area contributed by atoms with Gasteiger partial charge in [0.15, 0.2) is 0 Å². The summed E-state index contributed by atoms with van der Waals surface area (Å²) in [5.74, 6) is 0. The molecule has 180 valence electrons. The Hall–Kier alpha value is -1.24. The van der Waals surface area contributed by atoms with Crippen LogP contribution in [0.5, 0.6) is 0 Å². The molecule has 2 aromatic rings. The summed E-state index contributed by atoms with van der Waals surface area (Å²) >= 11 is 12.8. The van der Waals surface area contributed by atoms with Crippen LogP contribution >= 0.6 is 23.2 Å². The number of hydrogen-bond donors (Lipinski definition) is 2. The van der Waals surface area contributed by atoms with E-state index in [1.54, 1.807) is 12.1 Å². The second-order valence-electron chi connectivity index (χ2n) is 8.68. The summed E-state index contributed by atoms with van der Waals surface area (Å²) < 4.78 is 47.4. The molecule has 4 rings (SSSR count). The topological polar surface area (TPSA) is 127 Å². The predicted molar refractivity (Wildman–Crippen MR) is 128 cm³/mol. The normalized spacial score (nSPS) is 18.6. The lowest BCUT2D eigenvalue weighted by Gasteiger charge is -2.38. The van der Waals surface area contributed by atoms with Gasteiger partial charge < -0.3 is 0 Å². The smallest absolute Gasteiger partial charge is 0.239 e. The third-order valence-electron chi connectivity index (χ3n) is 6.48. The summed E-state index contributed by atoms with van der Waals surface area (Å²) in [6, 6.07) is 6.66. The summed E-state index contributed by atoms with van der Waals surface area (Å²) in [5, 5.41) is 11.0. The molecule has 8 nitrogen and oxygen atoms in total. The first kappa shape index (κ1) is 24.9. The lowest BCUT2D eigenvalue weighted by Crippen LogP contribution is -2.45. The van der Waals surface area contributed by atoms with E-state index in [4.69, 9.17) is 33.5 Å². The van der Waals surface area contributed by atoms with Gasteiger partial charge in [-0.05, 0) is 54.2 Å². The first-order valence-corrected chi connectivity index (χ1v) is 14.3. The fourth-order valence-electron chi connectivity index (χ4n) is 4.68. The van der Waals surface area contributed by atoms with Gasteiger partial charge in [-0.1, -0.05) is 35.3 Å². The molecule has 1 unspecified atom stereocenters. The van der Waals surface area contributed by atoms with E-state index in [2.05, 4.69) is 16.7 Å². The van der Waals surface area contributed by atoms with Gasteiger partial charge in [0.25, 0.3) is 0 Å². The maximum Gasteiger partial charge on any atom is 0.239 e. The van der Waals surface area contributed by atoms with Crippen molar-refractivity contribution in [1.29, 1.82) is 0 Å². The van der Waals surface area contributed by atoms with Gasteiger partial charge in [0.05, 0.1) is 10.0 Å². The molecule has 2 aliphatic heterocycles. The number of benzene rings is 2. The fraction of sp³-hybridized carbons (Fsp3) is 0.429. The van der Waals surface area contributed by atoms with E-state index in [-0.39, 0.29) is 25.9 Å². The molecule has 0 aliphatic carbocycles. The minimum absolute atomic E-state index is 0.0502. The number of hydrogen-bond acceptors (Lipinski definition) is 6. The van der Waals surface area contributed by atoms with Gasteiger partial charge in [-0.3, -0.25) is 9.80 Å². The van der Waals surface area contributed by atoms with E-state index in [0.717, 1.165) is 54.7 Å². The van der Waals surface area contributed by atoms with Crippen LogP contribution in [0, 0.1) is 0 Å². The first-order chi connectivity index (χ1) is 15.4. The molecule has 2 aliphatic rings. The SMILES string of the molecule is CC(CN1CCc2ccc(S(N)(=O)=O)c(Cl)c2C1)N1CCc2ccc(S(N)(=O)=O)c(Cl)c2C1. The highest BCUT2D eigenvalue weighted by molar-refractivity contribution is 7.89. The number of fused-ring (bicyclic) bond motifs is 2. The van der Waals surface area contributed by atoms with Crippen LogP contribution < -0.4 is 10.3 Å². The van der Waals surface area contributed by atoms with Crippen LogP contribution in [0.2, 0.25) is 10.0 Å². The Morgan fingerprint density at radius 3 is 1.85 bits per heavy atom. The van der Waals surface area contributed by atoms with Crippen LogP contribution in [-0.4, -0.2) is 52.3 Å². The van der Waals surface area contributed by atoms with Crippen LogP contribution in [0.1, 0.15) is 29.2 Å². The average Bonchev–Trinajstić information content (AvgIpc) is 2.72. The molecule has 0 aromatic heterocycles. The van der Waals surface area contributed by atoms with E-state index in [0.29, 0.717) is 13.1 Å². The maximum absolute atomic E-state index is 11.8. The third kappa shape index (κ3) is 5.08. The van der Waals surface area contributed by atoms with E-state index >= 15 is 0 Å². The molecule has 0 saturated heterocycles. The zero-order valence-corrected chi connectivity index (χ0v) is 21.2. The molecule has 2 aromatic carbocycles. The maximum atomic E-state index is 11.8. The number of sulfonamides is 2. The summed E-state index contributed by atoms with van der Waals surface area (Å²) in [6.45, 7) is 5.54. The van der Waals surface area contributed by atoms with Gasteiger partial charge in [-0.15, -0.1) is 0 Å². The van der Waals surface area contributed by atoms with Gasteiger partial charge in [-0.2, -0.15) is 0 Å². The Morgan fingerprint density at radius 1 is 0.848 bits per heavy atom. The molecule has 0 bridgehead atoms. The number of primary sulfonamides is 2. The minimum atomic E-state index is -3.90. The number of nitrogens with two attached hydrogens (primary N) is 2. The molecular weight excluding hydrogens is 507 g/mol. The van der Waals surface area contributed by atoms with Crippen molar-refractivity contribution in [1.82, 2.24) is 9.80 Å². The number of nitrogens with zero attached hydrogens (tertiary/aromatic N) is 2. The highest BCUT2D eigenvalue weighted by Crippen LogP contribution is 2.34. The van der Waals surface area contributed by atoms with Crippen molar-refractivity contribution in [2.75, 3.05) is 19.6 Å². The van der Waals surface area contributed by atoms with Crippen LogP contribution in [0.4, 0.5) is 0 Å². The van der Waals surface area contributed by atoms with Crippen molar-refractivity contribution in [2.24, 2.45) is 10.3 Å². The number of rotatable bonds is 5. The lowest BCUT2D eigenvalue weighted by molar-refractivity contribution is 0.129. The molecule has 2 heterocycles. The summed E-state index contributed by atoms with van der Waals surface area (Å²) in [6.07, 6.45) is 1.52. The Labute approximate surface area is 204 Å². The first-order valence-electron chi connectivity index (χ1n) is 10.5.